The van der Waals surface area contributed by atoms with Gasteiger partial charge in [0.25, 0.3) is 0 Å². The summed E-state index contributed by atoms with van der Waals surface area (Å²) < 4.78 is 17.3. The molecule has 0 N–H and O–H groups in total. The minimum atomic E-state index is -1.12. The highest BCUT2D eigenvalue weighted by Gasteiger charge is 2.20. The van der Waals surface area contributed by atoms with E-state index in [0.717, 1.165) is 25.0 Å². The van der Waals surface area contributed by atoms with Gasteiger partial charge in [-0.15, -0.1) is 0 Å². The van der Waals surface area contributed by atoms with Gasteiger partial charge in [0, 0.05) is 23.0 Å². The van der Waals surface area contributed by atoms with Crippen molar-refractivity contribution in [2.45, 2.75) is 25.9 Å². The Hall–Kier alpha value is -1.00. The second-order valence-electron chi connectivity index (χ2n) is 4.68. The third kappa shape index (κ3) is 3.75. The van der Waals surface area contributed by atoms with E-state index in [2.05, 4.69) is 0 Å². The summed E-state index contributed by atoms with van der Waals surface area (Å²) in [5.74, 6) is 0.538. The number of carbonyl (C=O) groups excluding carboxylic acids is 1. The Bertz CT molecular complexity index is 450. The van der Waals surface area contributed by atoms with Crippen molar-refractivity contribution in [3.8, 4) is 0 Å². The van der Waals surface area contributed by atoms with Crippen molar-refractivity contribution < 1.29 is 13.7 Å². The van der Waals surface area contributed by atoms with Crippen molar-refractivity contribution in [3.63, 3.8) is 0 Å². The number of ether oxygens (including phenoxy) is 1. The molecule has 1 fully saturated rings. The third-order valence-electron chi connectivity index (χ3n) is 3.03. The Morgan fingerprint density at radius 2 is 2.33 bits per heavy atom. The molecule has 1 aromatic carbocycles. The fraction of sp³-hybridized carbons (Fsp3) is 0.500. The number of aryl methyl sites for hydroxylation is 1. The standard InChI is InChI=1S/C14H18O3S/c1-11-4-2-5-12(8-11)14(15)10-18(16)9-13-6-3-7-17-13/h2,4-5,8,13H,3,6-7,9-10H2,1H3. The highest BCUT2D eigenvalue weighted by atomic mass is 32.2. The Labute approximate surface area is 110 Å². The van der Waals surface area contributed by atoms with Crippen molar-refractivity contribution in [2.24, 2.45) is 0 Å². The van der Waals surface area contributed by atoms with E-state index in [4.69, 9.17) is 4.74 Å². The van der Waals surface area contributed by atoms with Gasteiger partial charge in [0.05, 0.1) is 17.6 Å². The van der Waals surface area contributed by atoms with E-state index in [-0.39, 0.29) is 17.6 Å². The lowest BCUT2D eigenvalue weighted by atomic mass is 10.1. The first-order chi connectivity index (χ1) is 8.65. The maximum atomic E-state index is 11.9. The second-order valence-corrected chi connectivity index (χ2v) is 6.18. The molecule has 2 rings (SSSR count). The van der Waals surface area contributed by atoms with Gasteiger partial charge in [0.2, 0.25) is 0 Å². The predicted octanol–water partition coefficient (Wildman–Crippen LogP) is 2.11. The van der Waals surface area contributed by atoms with Crippen LogP contribution in [0.4, 0.5) is 0 Å². The van der Waals surface area contributed by atoms with Gasteiger partial charge in [-0.3, -0.25) is 9.00 Å². The van der Waals surface area contributed by atoms with Crippen LogP contribution < -0.4 is 0 Å². The monoisotopic (exact) mass is 266 g/mol. The molecular weight excluding hydrogens is 248 g/mol. The van der Waals surface area contributed by atoms with Crippen LogP contribution in [0.2, 0.25) is 0 Å². The number of ketones is 1. The zero-order chi connectivity index (χ0) is 13.0. The first-order valence-corrected chi connectivity index (χ1v) is 7.70. The summed E-state index contributed by atoms with van der Waals surface area (Å²) in [6, 6.07) is 7.41. The van der Waals surface area contributed by atoms with Crippen LogP contribution in [0.1, 0.15) is 28.8 Å². The van der Waals surface area contributed by atoms with E-state index in [1.54, 1.807) is 6.07 Å². The van der Waals surface area contributed by atoms with E-state index in [0.29, 0.717) is 11.3 Å². The van der Waals surface area contributed by atoms with Crippen LogP contribution in [0.15, 0.2) is 24.3 Å². The summed E-state index contributed by atoms with van der Waals surface area (Å²) in [6.45, 7) is 2.70. The Balaban J connectivity index is 1.88. The van der Waals surface area contributed by atoms with Crippen LogP contribution in [0.5, 0.6) is 0 Å². The fourth-order valence-corrected chi connectivity index (χ4v) is 3.34. The first-order valence-electron chi connectivity index (χ1n) is 6.21. The molecule has 2 atom stereocenters. The second kappa shape index (κ2) is 6.25. The van der Waals surface area contributed by atoms with Crippen molar-refractivity contribution >= 4 is 16.6 Å². The van der Waals surface area contributed by atoms with E-state index in [1.165, 1.54) is 0 Å². The third-order valence-corrected chi connectivity index (χ3v) is 4.36. The molecule has 3 nitrogen and oxygen atoms in total. The number of hydrogen-bond donors (Lipinski definition) is 0. The summed E-state index contributed by atoms with van der Waals surface area (Å²) in [7, 11) is -1.12. The molecule has 0 saturated carbocycles. The Morgan fingerprint density at radius 1 is 1.50 bits per heavy atom. The number of carbonyl (C=O) groups is 1. The van der Waals surface area contributed by atoms with Crippen molar-refractivity contribution in [1.82, 2.24) is 0 Å². The van der Waals surface area contributed by atoms with Gasteiger partial charge in [-0.25, -0.2) is 0 Å². The molecule has 0 spiro atoms. The van der Waals surface area contributed by atoms with Crippen LogP contribution in [0.3, 0.4) is 0 Å². The molecule has 1 aliphatic rings. The zero-order valence-corrected chi connectivity index (χ0v) is 11.4. The van der Waals surface area contributed by atoms with Crippen molar-refractivity contribution in [2.75, 3.05) is 18.1 Å². The predicted molar refractivity (Wildman–Crippen MR) is 72.4 cm³/mol. The molecule has 0 aromatic heterocycles. The molecule has 1 aliphatic heterocycles. The molecule has 0 aliphatic carbocycles. The number of Topliss-reactive ketones (excluding diaryl/α,β-unsaturated/α-hetero) is 1. The molecule has 0 amide bonds. The van der Waals surface area contributed by atoms with Crippen molar-refractivity contribution in [3.05, 3.63) is 35.4 Å². The largest absolute Gasteiger partial charge is 0.377 e. The molecule has 1 saturated heterocycles. The average molecular weight is 266 g/mol. The maximum absolute atomic E-state index is 11.9. The van der Waals surface area contributed by atoms with E-state index in [9.17, 15) is 9.00 Å². The number of benzene rings is 1. The lowest BCUT2D eigenvalue weighted by molar-refractivity contribution is 0.102. The van der Waals surface area contributed by atoms with Crippen LogP contribution >= 0.6 is 0 Å². The Morgan fingerprint density at radius 3 is 3.00 bits per heavy atom. The average Bonchev–Trinajstić information content (AvgIpc) is 2.81. The lowest BCUT2D eigenvalue weighted by Gasteiger charge is -2.08. The molecule has 18 heavy (non-hydrogen) atoms. The summed E-state index contributed by atoms with van der Waals surface area (Å²) in [5.41, 5.74) is 1.70. The van der Waals surface area contributed by atoms with E-state index < -0.39 is 10.8 Å². The van der Waals surface area contributed by atoms with Crippen LogP contribution in [-0.2, 0) is 15.5 Å². The van der Waals surface area contributed by atoms with Gasteiger partial charge in [0.1, 0.15) is 0 Å². The minimum Gasteiger partial charge on any atom is -0.377 e. The van der Waals surface area contributed by atoms with Gasteiger partial charge >= 0.3 is 0 Å². The van der Waals surface area contributed by atoms with E-state index >= 15 is 0 Å². The molecule has 1 heterocycles. The quantitative estimate of drug-likeness (QED) is 0.767. The highest BCUT2D eigenvalue weighted by molar-refractivity contribution is 7.85. The first kappa shape index (κ1) is 13.4. The summed E-state index contributed by atoms with van der Waals surface area (Å²) in [5, 5.41) is 0. The molecule has 0 bridgehead atoms. The molecular formula is C14H18O3S. The number of rotatable bonds is 5. The normalized spacial score (nSPS) is 20.8. The van der Waals surface area contributed by atoms with E-state index in [1.807, 2.05) is 25.1 Å². The van der Waals surface area contributed by atoms with Gasteiger partial charge in [0.15, 0.2) is 5.78 Å². The van der Waals surface area contributed by atoms with Crippen LogP contribution in [-0.4, -0.2) is 34.2 Å². The molecule has 1 aromatic rings. The van der Waals surface area contributed by atoms with Crippen LogP contribution in [0, 0.1) is 6.92 Å². The molecule has 0 radical (unpaired) electrons. The molecule has 4 heteroatoms. The summed E-state index contributed by atoms with van der Waals surface area (Å²) in [6.07, 6.45) is 2.08. The number of hydrogen-bond acceptors (Lipinski definition) is 3. The fourth-order valence-electron chi connectivity index (χ4n) is 2.09. The lowest BCUT2D eigenvalue weighted by Crippen LogP contribution is -2.21. The summed E-state index contributed by atoms with van der Waals surface area (Å²) >= 11 is 0. The topological polar surface area (TPSA) is 43.4 Å². The van der Waals surface area contributed by atoms with Crippen molar-refractivity contribution in [1.29, 1.82) is 0 Å². The maximum Gasteiger partial charge on any atom is 0.175 e. The SMILES string of the molecule is Cc1cccc(C(=O)CS(=O)CC2CCCO2)c1. The highest BCUT2D eigenvalue weighted by Crippen LogP contribution is 2.13. The van der Waals surface area contributed by atoms with Gasteiger partial charge < -0.3 is 4.74 Å². The minimum absolute atomic E-state index is 0.0463. The zero-order valence-electron chi connectivity index (χ0n) is 10.6. The van der Waals surface area contributed by atoms with Gasteiger partial charge in [-0.05, 0) is 25.8 Å². The van der Waals surface area contributed by atoms with Gasteiger partial charge in [-0.2, -0.15) is 0 Å². The molecule has 2 unspecified atom stereocenters. The molecule has 98 valence electrons. The Kier molecular flexibility index (Phi) is 4.66. The van der Waals surface area contributed by atoms with Gasteiger partial charge in [-0.1, -0.05) is 23.8 Å². The smallest absolute Gasteiger partial charge is 0.175 e. The summed E-state index contributed by atoms with van der Waals surface area (Å²) in [4.78, 5) is 11.9. The van der Waals surface area contributed by atoms with Crippen LogP contribution in [0.25, 0.3) is 0 Å².